The Kier molecular flexibility index (Phi) is 7.71. The van der Waals surface area contributed by atoms with Gasteiger partial charge in [-0.2, -0.15) is 8.78 Å². The number of amides is 1. The van der Waals surface area contributed by atoms with E-state index in [1.54, 1.807) is 25.4 Å². The summed E-state index contributed by atoms with van der Waals surface area (Å²) in [6.45, 7) is -2.73. The van der Waals surface area contributed by atoms with Crippen LogP contribution in [0.1, 0.15) is 5.56 Å². The maximum Gasteiger partial charge on any atom is 0.387 e. The second-order valence-electron chi connectivity index (χ2n) is 6.21. The lowest BCUT2D eigenvalue weighted by Gasteiger charge is -2.12. The van der Waals surface area contributed by atoms with Crippen molar-refractivity contribution in [1.29, 1.82) is 0 Å². The number of carbonyl (C=O) groups is 1. The van der Waals surface area contributed by atoms with Crippen LogP contribution in [0.5, 0.6) is 17.2 Å². The number of nitrogens with one attached hydrogen (secondary N) is 1. The molecule has 0 bridgehead atoms. The topological polar surface area (TPSA) is 74.6 Å². The van der Waals surface area contributed by atoms with Crippen LogP contribution in [0.4, 0.5) is 8.78 Å². The molecule has 0 aliphatic carbocycles. The molecule has 164 valence electrons. The molecule has 0 saturated heterocycles. The van der Waals surface area contributed by atoms with Crippen molar-refractivity contribution in [1.82, 2.24) is 14.9 Å². The minimum atomic E-state index is -2.94. The fourth-order valence-electron chi connectivity index (χ4n) is 2.75. The Labute approximate surface area is 182 Å². The lowest BCUT2D eigenvalue weighted by atomic mass is 10.2. The molecule has 3 aromatic rings. The molecule has 0 saturated carbocycles. The number of nitrogens with zero attached hydrogens (tertiary/aromatic N) is 2. The van der Waals surface area contributed by atoms with Gasteiger partial charge < -0.3 is 19.5 Å². The number of methoxy groups -OCH3 is 2. The highest BCUT2D eigenvalue weighted by molar-refractivity contribution is 7.99. The summed E-state index contributed by atoms with van der Waals surface area (Å²) in [7, 11) is 2.96. The number of thioether (sulfide) groups is 1. The van der Waals surface area contributed by atoms with Gasteiger partial charge in [0.1, 0.15) is 5.75 Å². The molecule has 10 heteroatoms. The number of rotatable bonds is 10. The lowest BCUT2D eigenvalue weighted by Crippen LogP contribution is -2.24. The molecule has 31 heavy (non-hydrogen) atoms. The van der Waals surface area contributed by atoms with E-state index in [2.05, 4.69) is 15.0 Å². The average molecular weight is 449 g/mol. The minimum absolute atomic E-state index is 0.0625. The zero-order chi connectivity index (χ0) is 22.2. The van der Waals surface area contributed by atoms with Gasteiger partial charge in [-0.05, 0) is 29.8 Å². The second kappa shape index (κ2) is 10.7. The average Bonchev–Trinajstić information content (AvgIpc) is 3.25. The van der Waals surface area contributed by atoms with E-state index in [0.29, 0.717) is 10.7 Å². The summed E-state index contributed by atoms with van der Waals surface area (Å²) in [5.74, 6) is 0.789. The largest absolute Gasteiger partial charge is 0.497 e. The van der Waals surface area contributed by atoms with Gasteiger partial charge in [-0.1, -0.05) is 23.9 Å². The van der Waals surface area contributed by atoms with E-state index in [1.165, 1.54) is 24.9 Å². The number of halogens is 2. The van der Waals surface area contributed by atoms with Gasteiger partial charge in [0.05, 0.1) is 25.7 Å². The monoisotopic (exact) mass is 449 g/mol. The molecule has 7 nitrogen and oxygen atoms in total. The van der Waals surface area contributed by atoms with Crippen molar-refractivity contribution < 1.29 is 27.8 Å². The first-order valence-electron chi connectivity index (χ1n) is 9.19. The molecule has 0 radical (unpaired) electrons. The number of ether oxygens (including phenoxy) is 3. The van der Waals surface area contributed by atoms with Crippen LogP contribution in [0.2, 0.25) is 0 Å². The molecule has 1 N–H and O–H groups in total. The third-order valence-electron chi connectivity index (χ3n) is 4.20. The predicted molar refractivity (Wildman–Crippen MR) is 112 cm³/mol. The highest BCUT2D eigenvalue weighted by Crippen LogP contribution is 2.29. The van der Waals surface area contributed by atoms with E-state index in [9.17, 15) is 13.6 Å². The molecule has 2 aromatic carbocycles. The summed E-state index contributed by atoms with van der Waals surface area (Å²) < 4.78 is 41.4. The number of carbonyl (C=O) groups excluding carboxylic acids is 1. The van der Waals surface area contributed by atoms with Crippen molar-refractivity contribution >= 4 is 17.7 Å². The van der Waals surface area contributed by atoms with Gasteiger partial charge in [-0.25, -0.2) is 4.98 Å². The molecule has 1 amide bonds. The number of aromatic nitrogens is 2. The van der Waals surface area contributed by atoms with Crippen LogP contribution in [0, 0.1) is 0 Å². The molecule has 3 rings (SSSR count). The first kappa shape index (κ1) is 22.4. The molecule has 0 spiro atoms. The predicted octanol–water partition coefficient (Wildman–Crippen LogP) is 3.90. The van der Waals surface area contributed by atoms with E-state index in [4.69, 9.17) is 9.47 Å². The van der Waals surface area contributed by atoms with Crippen LogP contribution in [0.25, 0.3) is 5.69 Å². The van der Waals surface area contributed by atoms with Crippen molar-refractivity contribution in [3.05, 3.63) is 60.4 Å². The molecule has 0 atom stereocenters. The van der Waals surface area contributed by atoms with Crippen LogP contribution in [-0.4, -0.2) is 42.0 Å². The maximum atomic E-state index is 12.4. The highest BCUT2D eigenvalue weighted by Gasteiger charge is 2.13. The summed E-state index contributed by atoms with van der Waals surface area (Å²) in [4.78, 5) is 16.6. The van der Waals surface area contributed by atoms with E-state index in [-0.39, 0.29) is 29.7 Å². The molecule has 1 heterocycles. The Morgan fingerprint density at radius 3 is 2.74 bits per heavy atom. The second-order valence-corrected chi connectivity index (χ2v) is 7.15. The summed E-state index contributed by atoms with van der Waals surface area (Å²) in [5.41, 5.74) is 1.56. The van der Waals surface area contributed by atoms with E-state index >= 15 is 0 Å². The number of benzene rings is 2. The summed E-state index contributed by atoms with van der Waals surface area (Å²) in [6.07, 6.45) is 3.47. The van der Waals surface area contributed by atoms with Gasteiger partial charge >= 0.3 is 6.61 Å². The first-order valence-corrected chi connectivity index (χ1v) is 10.2. The van der Waals surface area contributed by atoms with Crippen molar-refractivity contribution in [2.75, 3.05) is 20.0 Å². The third-order valence-corrected chi connectivity index (χ3v) is 5.17. The summed E-state index contributed by atoms with van der Waals surface area (Å²) >= 11 is 1.29. The standard InChI is InChI=1S/C21H21F2N3O4S/c1-28-16-5-3-4-15(11-16)26-9-8-24-21(26)31-13-19(27)25-12-14-6-7-17(30-20(22)23)18(10-14)29-2/h3-11,20H,12-13H2,1-2H3,(H,25,27). The molecule has 0 aliphatic heterocycles. The van der Waals surface area contributed by atoms with Crippen molar-refractivity contribution in [2.45, 2.75) is 18.3 Å². The fourth-order valence-corrected chi connectivity index (χ4v) is 3.55. The maximum absolute atomic E-state index is 12.4. The van der Waals surface area contributed by atoms with Crippen LogP contribution < -0.4 is 19.5 Å². The molecule has 1 aromatic heterocycles. The van der Waals surface area contributed by atoms with Crippen molar-refractivity contribution in [3.63, 3.8) is 0 Å². The molecular weight excluding hydrogens is 428 g/mol. The Morgan fingerprint density at radius 2 is 2.00 bits per heavy atom. The van der Waals surface area contributed by atoms with E-state index < -0.39 is 6.61 Å². The third kappa shape index (κ3) is 6.11. The summed E-state index contributed by atoms with van der Waals surface area (Å²) in [5, 5.41) is 3.45. The zero-order valence-corrected chi connectivity index (χ0v) is 17.7. The quantitative estimate of drug-likeness (QED) is 0.473. The fraction of sp³-hybridized carbons (Fsp3) is 0.238. The summed E-state index contributed by atoms with van der Waals surface area (Å²) in [6, 6.07) is 12.0. The molecule has 0 fully saturated rings. The zero-order valence-electron chi connectivity index (χ0n) is 16.9. The van der Waals surface area contributed by atoms with Gasteiger partial charge in [0.2, 0.25) is 5.91 Å². The highest BCUT2D eigenvalue weighted by atomic mass is 32.2. The Hall–Kier alpha value is -3.27. The SMILES string of the molecule is COc1cccc(-n2ccnc2SCC(=O)NCc2ccc(OC(F)F)c(OC)c2)c1. The van der Waals surface area contributed by atoms with Gasteiger partial charge in [-0.3, -0.25) is 9.36 Å². The Balaban J connectivity index is 1.56. The first-order chi connectivity index (χ1) is 15.0. The van der Waals surface area contributed by atoms with E-state index in [1.807, 2.05) is 35.0 Å². The number of alkyl halides is 2. The van der Waals surface area contributed by atoms with Crippen LogP contribution in [0.15, 0.2) is 60.0 Å². The minimum Gasteiger partial charge on any atom is -0.497 e. The van der Waals surface area contributed by atoms with Gasteiger partial charge in [-0.15, -0.1) is 0 Å². The molecule has 0 aliphatic rings. The molecular formula is C21H21F2N3O4S. The van der Waals surface area contributed by atoms with Gasteiger partial charge in [0.25, 0.3) is 0 Å². The number of imidazole rings is 1. The van der Waals surface area contributed by atoms with Crippen molar-refractivity contribution in [2.24, 2.45) is 0 Å². The number of hydrogen-bond donors (Lipinski definition) is 1. The Bertz CT molecular complexity index is 1030. The lowest BCUT2D eigenvalue weighted by molar-refractivity contribution is -0.118. The van der Waals surface area contributed by atoms with Crippen LogP contribution in [-0.2, 0) is 11.3 Å². The number of hydrogen-bond acceptors (Lipinski definition) is 6. The van der Waals surface area contributed by atoms with Gasteiger partial charge in [0.15, 0.2) is 16.7 Å². The normalized spacial score (nSPS) is 10.7. The Morgan fingerprint density at radius 1 is 1.16 bits per heavy atom. The molecule has 0 unspecified atom stereocenters. The van der Waals surface area contributed by atoms with Crippen molar-refractivity contribution in [3.8, 4) is 22.9 Å². The van der Waals surface area contributed by atoms with Crippen LogP contribution >= 0.6 is 11.8 Å². The van der Waals surface area contributed by atoms with E-state index in [0.717, 1.165) is 11.4 Å². The van der Waals surface area contributed by atoms with Crippen LogP contribution in [0.3, 0.4) is 0 Å². The van der Waals surface area contributed by atoms with Gasteiger partial charge in [0, 0.05) is 25.0 Å². The smallest absolute Gasteiger partial charge is 0.387 e.